The summed E-state index contributed by atoms with van der Waals surface area (Å²) in [6, 6.07) is 5.09. The topological polar surface area (TPSA) is 113 Å². The molecule has 1 aromatic carbocycles. The number of carbonyl (C=O) groups excluding carboxylic acids is 3. The van der Waals surface area contributed by atoms with Crippen molar-refractivity contribution in [2.45, 2.75) is 18.9 Å². The van der Waals surface area contributed by atoms with Gasteiger partial charge >= 0.3 is 11.9 Å². The maximum absolute atomic E-state index is 12.4. The Morgan fingerprint density at radius 2 is 1.96 bits per heavy atom. The number of fused-ring (bicyclic) bond motifs is 1. The first-order valence-electron chi connectivity index (χ1n) is 8.10. The second-order valence-corrected chi connectivity index (χ2v) is 6.76. The number of carbonyl (C=O) groups is 3. The van der Waals surface area contributed by atoms with Crippen molar-refractivity contribution in [2.75, 3.05) is 6.61 Å². The standard InChI is InChI=1S/C17H15NO7/c19-12(8-1-3-10(4-2-8)18(22)23)7-24-16(20)14-9-5-11-13(6-9)25-17(21)15(11)14/h1-4,9,11,13-15H,5-7H2/t9-,11-,13-,14+,15+/m1/s1. The number of nitro groups is 1. The van der Waals surface area contributed by atoms with Crippen LogP contribution in [-0.4, -0.2) is 35.4 Å². The van der Waals surface area contributed by atoms with Crippen LogP contribution >= 0.6 is 0 Å². The molecule has 1 aromatic rings. The number of hydrogen-bond donors (Lipinski definition) is 0. The molecule has 0 aromatic heterocycles. The van der Waals surface area contributed by atoms with Gasteiger partial charge in [0.05, 0.1) is 16.8 Å². The zero-order chi connectivity index (χ0) is 17.7. The van der Waals surface area contributed by atoms with Crippen LogP contribution in [0.3, 0.4) is 0 Å². The Morgan fingerprint density at radius 1 is 1.24 bits per heavy atom. The van der Waals surface area contributed by atoms with E-state index in [0.717, 1.165) is 6.42 Å². The number of ether oxygens (including phenoxy) is 2. The summed E-state index contributed by atoms with van der Waals surface area (Å²) in [4.78, 5) is 46.4. The molecule has 2 aliphatic carbocycles. The van der Waals surface area contributed by atoms with E-state index in [9.17, 15) is 24.5 Å². The molecule has 3 aliphatic rings. The monoisotopic (exact) mass is 345 g/mol. The van der Waals surface area contributed by atoms with Gasteiger partial charge in [0.1, 0.15) is 6.10 Å². The molecule has 130 valence electrons. The zero-order valence-electron chi connectivity index (χ0n) is 13.1. The minimum absolute atomic E-state index is 0.0618. The molecule has 4 rings (SSSR count). The van der Waals surface area contributed by atoms with Crippen LogP contribution in [0.4, 0.5) is 5.69 Å². The first-order chi connectivity index (χ1) is 12.0. The number of non-ortho nitro benzene ring substituents is 1. The van der Waals surface area contributed by atoms with Crippen molar-refractivity contribution in [3.8, 4) is 0 Å². The fourth-order valence-corrected chi connectivity index (χ4v) is 4.41. The number of rotatable bonds is 5. The van der Waals surface area contributed by atoms with E-state index < -0.39 is 35.1 Å². The molecule has 1 heterocycles. The molecule has 8 heteroatoms. The van der Waals surface area contributed by atoms with Crippen LogP contribution in [0, 0.1) is 33.8 Å². The van der Waals surface area contributed by atoms with Gasteiger partial charge in [-0.1, -0.05) is 0 Å². The molecule has 0 amide bonds. The molecule has 1 saturated heterocycles. The van der Waals surface area contributed by atoms with Crippen molar-refractivity contribution in [3.05, 3.63) is 39.9 Å². The van der Waals surface area contributed by atoms with Crippen LogP contribution in [0.25, 0.3) is 0 Å². The summed E-state index contributed by atoms with van der Waals surface area (Å²) in [5, 5.41) is 10.6. The summed E-state index contributed by atoms with van der Waals surface area (Å²) >= 11 is 0. The van der Waals surface area contributed by atoms with Gasteiger partial charge in [0.25, 0.3) is 5.69 Å². The Morgan fingerprint density at radius 3 is 2.64 bits per heavy atom. The molecular weight excluding hydrogens is 330 g/mol. The molecule has 25 heavy (non-hydrogen) atoms. The number of benzene rings is 1. The molecule has 0 unspecified atom stereocenters. The van der Waals surface area contributed by atoms with Crippen LogP contribution in [0.15, 0.2) is 24.3 Å². The van der Waals surface area contributed by atoms with Gasteiger partial charge < -0.3 is 9.47 Å². The van der Waals surface area contributed by atoms with E-state index in [4.69, 9.17) is 9.47 Å². The quantitative estimate of drug-likeness (QED) is 0.344. The maximum Gasteiger partial charge on any atom is 0.310 e. The van der Waals surface area contributed by atoms with Crippen molar-refractivity contribution < 1.29 is 28.8 Å². The molecule has 3 fully saturated rings. The van der Waals surface area contributed by atoms with Crippen molar-refractivity contribution in [1.82, 2.24) is 0 Å². The van der Waals surface area contributed by atoms with Crippen LogP contribution in [0.2, 0.25) is 0 Å². The van der Waals surface area contributed by atoms with Crippen LogP contribution in [-0.2, 0) is 19.1 Å². The zero-order valence-corrected chi connectivity index (χ0v) is 13.1. The Hall–Kier alpha value is -2.77. The molecule has 2 saturated carbocycles. The maximum atomic E-state index is 12.4. The van der Waals surface area contributed by atoms with Gasteiger partial charge in [0, 0.05) is 23.6 Å². The van der Waals surface area contributed by atoms with Crippen LogP contribution in [0.1, 0.15) is 23.2 Å². The predicted octanol–water partition coefficient (Wildman–Crippen LogP) is 1.52. The Bertz CT molecular complexity index is 770. The lowest BCUT2D eigenvalue weighted by Crippen LogP contribution is -2.34. The normalized spacial score (nSPS) is 31.7. The van der Waals surface area contributed by atoms with E-state index >= 15 is 0 Å². The molecule has 0 radical (unpaired) electrons. The SMILES string of the molecule is O=C(COC(=O)[C@H]1[C@@H]2C[C@H]3[C@@H]1C(=O)O[C@@H]3C2)c1ccc([N+](=O)[O-])cc1. The average molecular weight is 345 g/mol. The number of ketones is 1. The summed E-state index contributed by atoms with van der Waals surface area (Å²) in [6.07, 6.45) is 1.41. The Kier molecular flexibility index (Phi) is 3.55. The van der Waals surface area contributed by atoms with Crippen LogP contribution in [0.5, 0.6) is 0 Å². The number of nitro benzene ring substituents is 1. The van der Waals surface area contributed by atoms with Gasteiger partial charge in [-0.2, -0.15) is 0 Å². The van der Waals surface area contributed by atoms with E-state index in [1.54, 1.807) is 0 Å². The minimum Gasteiger partial charge on any atom is -0.462 e. The molecule has 5 atom stereocenters. The number of Topliss-reactive ketones (excluding diaryl/α,β-unsaturated/α-hetero) is 1. The van der Waals surface area contributed by atoms with Gasteiger partial charge in [-0.3, -0.25) is 24.5 Å². The van der Waals surface area contributed by atoms with Gasteiger partial charge in [0.15, 0.2) is 12.4 Å². The lowest BCUT2D eigenvalue weighted by atomic mass is 9.80. The van der Waals surface area contributed by atoms with Gasteiger partial charge in [-0.25, -0.2) is 0 Å². The van der Waals surface area contributed by atoms with E-state index in [0.29, 0.717) is 6.42 Å². The molecule has 0 spiro atoms. The van der Waals surface area contributed by atoms with Crippen LogP contribution < -0.4 is 0 Å². The predicted molar refractivity (Wildman–Crippen MR) is 81.5 cm³/mol. The van der Waals surface area contributed by atoms with Crippen molar-refractivity contribution >= 4 is 23.4 Å². The molecule has 2 bridgehead atoms. The smallest absolute Gasteiger partial charge is 0.310 e. The van der Waals surface area contributed by atoms with Gasteiger partial charge in [-0.15, -0.1) is 0 Å². The first-order valence-corrected chi connectivity index (χ1v) is 8.10. The Labute approximate surface area is 142 Å². The Balaban J connectivity index is 1.38. The van der Waals surface area contributed by atoms with E-state index in [2.05, 4.69) is 0 Å². The number of hydrogen-bond acceptors (Lipinski definition) is 7. The minimum atomic E-state index is -0.558. The third kappa shape index (κ3) is 2.48. The number of nitrogens with zero attached hydrogens (tertiary/aromatic N) is 1. The fourth-order valence-electron chi connectivity index (χ4n) is 4.41. The summed E-state index contributed by atoms with van der Waals surface area (Å²) in [5.41, 5.74) is 0.108. The van der Waals surface area contributed by atoms with E-state index in [1.165, 1.54) is 24.3 Å². The lowest BCUT2D eigenvalue weighted by Gasteiger charge is -2.22. The van der Waals surface area contributed by atoms with E-state index in [-0.39, 0.29) is 35.2 Å². The summed E-state index contributed by atoms with van der Waals surface area (Å²) in [6.45, 7) is -0.449. The second kappa shape index (κ2) is 5.65. The van der Waals surface area contributed by atoms with Gasteiger partial charge in [-0.05, 0) is 30.9 Å². The molecule has 1 aliphatic heterocycles. The third-order valence-corrected chi connectivity index (χ3v) is 5.50. The summed E-state index contributed by atoms with van der Waals surface area (Å²) in [7, 11) is 0. The van der Waals surface area contributed by atoms with Crippen molar-refractivity contribution in [2.24, 2.45) is 23.7 Å². The highest BCUT2D eigenvalue weighted by Gasteiger charge is 2.64. The largest absolute Gasteiger partial charge is 0.462 e. The highest BCUT2D eigenvalue weighted by Crippen LogP contribution is 2.57. The molecule has 8 nitrogen and oxygen atoms in total. The van der Waals surface area contributed by atoms with E-state index in [1.807, 2.05) is 0 Å². The molecule has 0 N–H and O–H groups in total. The highest BCUT2D eigenvalue weighted by atomic mass is 16.6. The number of esters is 2. The summed E-state index contributed by atoms with van der Waals surface area (Å²) in [5.74, 6) is -2.11. The van der Waals surface area contributed by atoms with Gasteiger partial charge in [0.2, 0.25) is 0 Å². The fraction of sp³-hybridized carbons (Fsp3) is 0.471. The third-order valence-electron chi connectivity index (χ3n) is 5.50. The second-order valence-electron chi connectivity index (χ2n) is 6.76. The lowest BCUT2D eigenvalue weighted by molar-refractivity contribution is -0.384. The van der Waals surface area contributed by atoms with Crippen molar-refractivity contribution in [3.63, 3.8) is 0 Å². The molecular formula is C17H15NO7. The highest BCUT2D eigenvalue weighted by molar-refractivity contribution is 5.98. The first kappa shape index (κ1) is 15.7. The van der Waals surface area contributed by atoms with Crippen molar-refractivity contribution in [1.29, 1.82) is 0 Å². The average Bonchev–Trinajstić information content (AvgIpc) is 3.21. The summed E-state index contributed by atoms with van der Waals surface area (Å²) < 4.78 is 10.4.